The first-order valence-corrected chi connectivity index (χ1v) is 8.26. The molecule has 128 valence electrons. The van der Waals surface area contributed by atoms with Gasteiger partial charge in [0.2, 0.25) is 5.89 Å². The smallest absolute Gasteiger partial charge is 0.216 e. The SMILES string of the molecule is CCNC(=NCc1nc(C)c(C)o1)NCCc1ncc(C)s1.I. The molecule has 0 saturated carbocycles. The number of hydrogen-bond acceptors (Lipinski definition) is 5. The summed E-state index contributed by atoms with van der Waals surface area (Å²) in [6, 6.07) is 0. The van der Waals surface area contributed by atoms with Gasteiger partial charge in [0.05, 0.1) is 10.7 Å². The van der Waals surface area contributed by atoms with E-state index in [1.54, 1.807) is 11.3 Å². The van der Waals surface area contributed by atoms with Crippen molar-refractivity contribution in [2.24, 2.45) is 4.99 Å². The van der Waals surface area contributed by atoms with Crippen LogP contribution >= 0.6 is 35.3 Å². The molecule has 2 rings (SSSR count). The molecule has 23 heavy (non-hydrogen) atoms. The number of guanidine groups is 1. The van der Waals surface area contributed by atoms with Gasteiger partial charge in [-0.15, -0.1) is 35.3 Å². The van der Waals surface area contributed by atoms with Crippen LogP contribution in [0, 0.1) is 20.8 Å². The highest BCUT2D eigenvalue weighted by Crippen LogP contribution is 2.11. The Kier molecular flexibility index (Phi) is 8.53. The second-order valence-corrected chi connectivity index (χ2v) is 6.31. The third-order valence-corrected chi connectivity index (χ3v) is 4.06. The van der Waals surface area contributed by atoms with Gasteiger partial charge >= 0.3 is 0 Å². The lowest BCUT2D eigenvalue weighted by molar-refractivity contribution is 0.473. The van der Waals surface area contributed by atoms with Crippen LogP contribution in [0.15, 0.2) is 15.6 Å². The van der Waals surface area contributed by atoms with Crippen molar-refractivity contribution in [2.45, 2.75) is 40.7 Å². The number of aliphatic imine (C=N–C) groups is 1. The number of hydrogen-bond donors (Lipinski definition) is 2. The predicted octanol–water partition coefficient (Wildman–Crippen LogP) is 2.97. The minimum Gasteiger partial charge on any atom is -0.444 e. The molecule has 0 fully saturated rings. The summed E-state index contributed by atoms with van der Waals surface area (Å²) >= 11 is 1.73. The quantitative estimate of drug-likeness (QED) is 0.403. The van der Waals surface area contributed by atoms with Gasteiger partial charge in [0, 0.05) is 30.6 Å². The Morgan fingerprint density at radius 3 is 2.65 bits per heavy atom. The maximum absolute atomic E-state index is 5.54. The Balaban J connectivity index is 0.00000264. The fourth-order valence-electron chi connectivity index (χ4n) is 1.90. The van der Waals surface area contributed by atoms with Gasteiger partial charge in [-0.25, -0.2) is 15.0 Å². The Hall–Kier alpha value is -1.16. The van der Waals surface area contributed by atoms with E-state index < -0.39 is 0 Å². The maximum atomic E-state index is 5.54. The normalized spacial score (nSPS) is 11.2. The molecular formula is C15H24IN5OS. The first-order chi connectivity index (χ1) is 10.6. The van der Waals surface area contributed by atoms with Gasteiger partial charge in [-0.2, -0.15) is 0 Å². The summed E-state index contributed by atoms with van der Waals surface area (Å²) < 4.78 is 5.54. The Morgan fingerprint density at radius 1 is 1.30 bits per heavy atom. The van der Waals surface area contributed by atoms with Gasteiger partial charge in [0.25, 0.3) is 0 Å². The van der Waals surface area contributed by atoms with E-state index in [2.05, 4.69) is 32.5 Å². The third-order valence-electron chi connectivity index (χ3n) is 3.09. The molecule has 0 atom stereocenters. The maximum Gasteiger partial charge on any atom is 0.216 e. The lowest BCUT2D eigenvalue weighted by Gasteiger charge is -2.09. The summed E-state index contributed by atoms with van der Waals surface area (Å²) in [5, 5.41) is 7.66. The van der Waals surface area contributed by atoms with Gasteiger partial charge in [-0.1, -0.05) is 0 Å². The first kappa shape index (κ1) is 19.9. The fraction of sp³-hybridized carbons (Fsp3) is 0.533. The van der Waals surface area contributed by atoms with E-state index in [9.17, 15) is 0 Å². The fourth-order valence-corrected chi connectivity index (χ4v) is 2.69. The Morgan fingerprint density at radius 2 is 2.09 bits per heavy atom. The number of halogens is 1. The zero-order valence-electron chi connectivity index (χ0n) is 14.0. The molecule has 0 unspecified atom stereocenters. The van der Waals surface area contributed by atoms with Crippen molar-refractivity contribution in [2.75, 3.05) is 13.1 Å². The standard InChI is InChI=1S/C15H23N5OS.HI/c1-5-16-15(17-7-6-14-18-8-10(2)22-14)19-9-13-20-11(3)12(4)21-13;/h8H,5-7,9H2,1-4H3,(H2,16,17,19);1H. The largest absolute Gasteiger partial charge is 0.444 e. The number of rotatable bonds is 6. The summed E-state index contributed by atoms with van der Waals surface area (Å²) in [5.74, 6) is 2.26. The van der Waals surface area contributed by atoms with E-state index in [4.69, 9.17) is 4.42 Å². The Labute approximate surface area is 158 Å². The number of nitrogens with zero attached hydrogens (tertiary/aromatic N) is 3. The van der Waals surface area contributed by atoms with Gasteiger partial charge < -0.3 is 15.1 Å². The van der Waals surface area contributed by atoms with Crippen molar-refractivity contribution < 1.29 is 4.42 Å². The molecule has 6 nitrogen and oxygen atoms in total. The molecular weight excluding hydrogens is 425 g/mol. The highest BCUT2D eigenvalue weighted by atomic mass is 127. The third kappa shape index (κ3) is 6.46. The molecule has 0 amide bonds. The number of oxazole rings is 1. The zero-order valence-corrected chi connectivity index (χ0v) is 17.1. The summed E-state index contributed by atoms with van der Waals surface area (Å²) in [5.41, 5.74) is 0.919. The second kappa shape index (κ2) is 9.86. The lowest BCUT2D eigenvalue weighted by Crippen LogP contribution is -2.38. The van der Waals surface area contributed by atoms with Crippen molar-refractivity contribution in [3.8, 4) is 0 Å². The number of nitrogens with one attached hydrogen (secondary N) is 2. The topological polar surface area (TPSA) is 75.3 Å². The summed E-state index contributed by atoms with van der Waals surface area (Å²) in [4.78, 5) is 14.4. The number of aryl methyl sites for hydroxylation is 3. The number of thiazole rings is 1. The van der Waals surface area contributed by atoms with E-state index in [1.807, 2.05) is 27.0 Å². The van der Waals surface area contributed by atoms with E-state index in [0.717, 1.165) is 41.9 Å². The van der Waals surface area contributed by atoms with Gasteiger partial charge in [-0.3, -0.25) is 0 Å². The van der Waals surface area contributed by atoms with Gasteiger partial charge in [0.1, 0.15) is 12.3 Å². The van der Waals surface area contributed by atoms with Gasteiger partial charge in [0.15, 0.2) is 5.96 Å². The number of aromatic nitrogens is 2. The van der Waals surface area contributed by atoms with Crippen LogP contribution in [0.5, 0.6) is 0 Å². The summed E-state index contributed by atoms with van der Waals surface area (Å²) in [6.07, 6.45) is 2.80. The van der Waals surface area contributed by atoms with Crippen molar-refractivity contribution in [3.05, 3.63) is 33.4 Å². The lowest BCUT2D eigenvalue weighted by atomic mass is 10.4. The molecule has 2 aromatic rings. The molecule has 0 saturated heterocycles. The average Bonchev–Trinajstić information content (AvgIpc) is 3.03. The average molecular weight is 449 g/mol. The highest BCUT2D eigenvalue weighted by Gasteiger charge is 2.05. The first-order valence-electron chi connectivity index (χ1n) is 7.45. The van der Waals surface area contributed by atoms with Gasteiger partial charge in [-0.05, 0) is 27.7 Å². The summed E-state index contributed by atoms with van der Waals surface area (Å²) in [7, 11) is 0. The van der Waals surface area contributed by atoms with E-state index >= 15 is 0 Å². The zero-order chi connectivity index (χ0) is 15.9. The van der Waals surface area contributed by atoms with Crippen molar-refractivity contribution >= 4 is 41.3 Å². The molecule has 8 heteroatoms. The molecule has 0 spiro atoms. The van der Waals surface area contributed by atoms with Crippen LogP contribution < -0.4 is 10.6 Å². The van der Waals surface area contributed by atoms with Crippen LogP contribution in [0.3, 0.4) is 0 Å². The molecule has 0 aliphatic heterocycles. The molecule has 2 heterocycles. The molecule has 0 bridgehead atoms. The van der Waals surface area contributed by atoms with E-state index in [-0.39, 0.29) is 24.0 Å². The molecule has 2 aromatic heterocycles. The predicted molar refractivity (Wildman–Crippen MR) is 105 cm³/mol. The molecule has 0 aliphatic carbocycles. The molecule has 2 N–H and O–H groups in total. The van der Waals surface area contributed by atoms with Crippen LogP contribution in [0.25, 0.3) is 0 Å². The Bertz CT molecular complexity index is 618. The van der Waals surface area contributed by atoms with Crippen molar-refractivity contribution in [3.63, 3.8) is 0 Å². The van der Waals surface area contributed by atoms with E-state index in [1.165, 1.54) is 4.88 Å². The minimum atomic E-state index is 0. The molecule has 0 aliphatic rings. The minimum absolute atomic E-state index is 0. The van der Waals surface area contributed by atoms with Crippen LogP contribution in [-0.4, -0.2) is 29.0 Å². The summed E-state index contributed by atoms with van der Waals surface area (Å²) in [6.45, 7) is 10.00. The van der Waals surface area contributed by atoms with E-state index in [0.29, 0.717) is 12.4 Å². The van der Waals surface area contributed by atoms with Crippen molar-refractivity contribution in [1.82, 2.24) is 20.6 Å². The second-order valence-electron chi connectivity index (χ2n) is 4.99. The van der Waals surface area contributed by atoms with Crippen LogP contribution in [0.2, 0.25) is 0 Å². The highest BCUT2D eigenvalue weighted by molar-refractivity contribution is 14.0. The van der Waals surface area contributed by atoms with Crippen LogP contribution in [-0.2, 0) is 13.0 Å². The monoisotopic (exact) mass is 449 g/mol. The molecule has 0 radical (unpaired) electrons. The molecule has 0 aromatic carbocycles. The van der Waals surface area contributed by atoms with Crippen molar-refractivity contribution in [1.29, 1.82) is 0 Å². The van der Waals surface area contributed by atoms with Crippen LogP contribution in [0.4, 0.5) is 0 Å². The van der Waals surface area contributed by atoms with Crippen LogP contribution in [0.1, 0.15) is 34.2 Å².